The van der Waals surface area contributed by atoms with Crippen LogP contribution >= 0.6 is 0 Å². The quantitative estimate of drug-likeness (QED) is 0.807. The molecule has 1 aromatic carbocycles. The van der Waals surface area contributed by atoms with E-state index in [0.29, 0.717) is 16.6 Å². The normalized spacial score (nSPS) is 13.4. The van der Waals surface area contributed by atoms with Gasteiger partial charge in [0.25, 0.3) is 0 Å². The molecule has 0 aliphatic carbocycles. The number of benzene rings is 1. The lowest BCUT2D eigenvalue weighted by molar-refractivity contribution is -0.154. The lowest BCUT2D eigenvalue weighted by Crippen LogP contribution is -2.30. The van der Waals surface area contributed by atoms with E-state index in [1.54, 1.807) is 25.1 Å². The summed E-state index contributed by atoms with van der Waals surface area (Å²) < 4.78 is 36.2. The molecule has 0 aliphatic heterocycles. The summed E-state index contributed by atoms with van der Waals surface area (Å²) in [5, 5.41) is 2.26. The van der Waals surface area contributed by atoms with E-state index in [-0.39, 0.29) is 5.69 Å². The Morgan fingerprint density at radius 2 is 1.95 bits per heavy atom. The highest BCUT2D eigenvalue weighted by atomic mass is 19.4. The molecule has 1 atom stereocenters. The van der Waals surface area contributed by atoms with E-state index in [1.807, 2.05) is 0 Å². The minimum atomic E-state index is -4.53. The fourth-order valence-electron chi connectivity index (χ4n) is 1.88. The second kappa shape index (κ2) is 5.03. The third-order valence-corrected chi connectivity index (χ3v) is 2.78. The summed E-state index contributed by atoms with van der Waals surface area (Å²) >= 11 is 0. The molecule has 0 radical (unpaired) electrons. The van der Waals surface area contributed by atoms with Gasteiger partial charge in [0.1, 0.15) is 6.42 Å². The van der Waals surface area contributed by atoms with Gasteiger partial charge in [-0.1, -0.05) is 6.07 Å². The minimum Gasteiger partial charge on any atom is -0.349 e. The average Bonchev–Trinajstić information content (AvgIpc) is 2.64. The Balaban J connectivity index is 2.12. The molecular weight excluding hydrogens is 275 g/mol. The first-order valence-corrected chi connectivity index (χ1v) is 5.83. The standard InChI is InChI=1S/C12H12F3N3O2/c1-6(16-10(19)5-12(13,14)15)7-2-3-8-9(4-7)18-11(20)17-8/h2-4,6H,5H2,1H3,(H,16,19)(H2,17,18,20)/t6-/m0/s1. The Labute approximate surface area is 111 Å². The number of carbonyl (C=O) groups excluding carboxylic acids is 1. The smallest absolute Gasteiger partial charge is 0.349 e. The van der Waals surface area contributed by atoms with E-state index in [4.69, 9.17) is 0 Å². The van der Waals surface area contributed by atoms with Crippen molar-refractivity contribution in [1.82, 2.24) is 15.3 Å². The van der Waals surface area contributed by atoms with Crippen LogP contribution in [0.2, 0.25) is 0 Å². The van der Waals surface area contributed by atoms with E-state index < -0.39 is 24.5 Å². The molecule has 3 N–H and O–H groups in total. The van der Waals surface area contributed by atoms with Gasteiger partial charge in [-0.2, -0.15) is 13.2 Å². The average molecular weight is 287 g/mol. The zero-order valence-electron chi connectivity index (χ0n) is 10.5. The summed E-state index contributed by atoms with van der Waals surface area (Å²) in [6.07, 6.45) is -6.04. The van der Waals surface area contributed by atoms with Crippen molar-refractivity contribution in [3.8, 4) is 0 Å². The number of halogens is 3. The third kappa shape index (κ3) is 3.40. The molecule has 0 saturated heterocycles. The second-order valence-electron chi connectivity index (χ2n) is 4.47. The highest BCUT2D eigenvalue weighted by molar-refractivity contribution is 5.78. The first-order valence-electron chi connectivity index (χ1n) is 5.83. The molecule has 5 nitrogen and oxygen atoms in total. The van der Waals surface area contributed by atoms with Crippen LogP contribution in [0.15, 0.2) is 23.0 Å². The predicted octanol–water partition coefficient (Wildman–Crippen LogP) is 1.99. The molecule has 1 aromatic heterocycles. The highest BCUT2D eigenvalue weighted by Crippen LogP contribution is 2.21. The Morgan fingerprint density at radius 3 is 2.60 bits per heavy atom. The fraction of sp³-hybridized carbons (Fsp3) is 0.333. The molecule has 0 unspecified atom stereocenters. The Morgan fingerprint density at radius 1 is 1.30 bits per heavy atom. The van der Waals surface area contributed by atoms with Crippen LogP contribution in [-0.2, 0) is 4.79 Å². The number of aromatic nitrogens is 2. The zero-order chi connectivity index (χ0) is 14.9. The summed E-state index contributed by atoms with van der Waals surface area (Å²) in [4.78, 5) is 27.4. The minimum absolute atomic E-state index is 0.370. The van der Waals surface area contributed by atoms with E-state index in [2.05, 4.69) is 15.3 Å². The molecule has 0 saturated carbocycles. The van der Waals surface area contributed by atoms with Crippen molar-refractivity contribution in [3.63, 3.8) is 0 Å². The van der Waals surface area contributed by atoms with Gasteiger partial charge >= 0.3 is 11.9 Å². The van der Waals surface area contributed by atoms with Crippen LogP contribution in [-0.4, -0.2) is 22.1 Å². The van der Waals surface area contributed by atoms with Crippen molar-refractivity contribution < 1.29 is 18.0 Å². The molecule has 8 heteroatoms. The number of alkyl halides is 3. The van der Waals surface area contributed by atoms with E-state index >= 15 is 0 Å². The summed E-state index contributed by atoms with van der Waals surface area (Å²) in [7, 11) is 0. The zero-order valence-corrected chi connectivity index (χ0v) is 10.5. The fourth-order valence-corrected chi connectivity index (χ4v) is 1.88. The number of aromatic amines is 2. The molecule has 0 fully saturated rings. The molecule has 20 heavy (non-hydrogen) atoms. The van der Waals surface area contributed by atoms with Crippen LogP contribution in [0.1, 0.15) is 24.9 Å². The summed E-state index contributed by atoms with van der Waals surface area (Å²) in [5.41, 5.74) is 1.35. The Kier molecular flexibility index (Phi) is 3.56. The topological polar surface area (TPSA) is 77.8 Å². The van der Waals surface area contributed by atoms with Crippen molar-refractivity contribution in [3.05, 3.63) is 34.2 Å². The summed E-state index contributed by atoms with van der Waals surface area (Å²) in [6, 6.07) is 4.26. The highest BCUT2D eigenvalue weighted by Gasteiger charge is 2.31. The van der Waals surface area contributed by atoms with Crippen LogP contribution in [0.25, 0.3) is 11.0 Å². The van der Waals surface area contributed by atoms with Gasteiger partial charge in [-0.15, -0.1) is 0 Å². The van der Waals surface area contributed by atoms with Crippen molar-refractivity contribution in [2.75, 3.05) is 0 Å². The van der Waals surface area contributed by atoms with Gasteiger partial charge in [-0.3, -0.25) is 4.79 Å². The molecule has 108 valence electrons. The summed E-state index contributed by atoms with van der Waals surface area (Å²) in [5.74, 6) is -1.09. The molecule has 0 spiro atoms. The first-order chi connectivity index (χ1) is 9.24. The maximum Gasteiger partial charge on any atom is 0.397 e. The van der Waals surface area contributed by atoms with Crippen molar-refractivity contribution in [1.29, 1.82) is 0 Å². The van der Waals surface area contributed by atoms with E-state index in [0.717, 1.165) is 0 Å². The van der Waals surface area contributed by atoms with Crippen LogP contribution in [0.5, 0.6) is 0 Å². The predicted molar refractivity (Wildman–Crippen MR) is 66.1 cm³/mol. The number of hydrogen-bond acceptors (Lipinski definition) is 2. The van der Waals surface area contributed by atoms with Gasteiger partial charge in [0.05, 0.1) is 17.1 Å². The van der Waals surface area contributed by atoms with E-state index in [1.165, 1.54) is 0 Å². The lowest BCUT2D eigenvalue weighted by Gasteiger charge is -2.15. The van der Waals surface area contributed by atoms with E-state index in [9.17, 15) is 22.8 Å². The Bertz CT molecular complexity index is 687. The number of rotatable bonds is 3. The van der Waals surface area contributed by atoms with Gasteiger partial charge in [0, 0.05) is 0 Å². The molecule has 0 bridgehead atoms. The second-order valence-corrected chi connectivity index (χ2v) is 4.47. The lowest BCUT2D eigenvalue weighted by atomic mass is 10.1. The number of carbonyl (C=O) groups is 1. The molecule has 1 amide bonds. The molecule has 2 aromatic rings. The number of H-pyrrole nitrogens is 2. The van der Waals surface area contributed by atoms with Gasteiger partial charge in [0.2, 0.25) is 5.91 Å². The Hall–Kier alpha value is -2.25. The number of imidazole rings is 1. The van der Waals surface area contributed by atoms with Crippen LogP contribution < -0.4 is 11.0 Å². The van der Waals surface area contributed by atoms with Gasteiger partial charge < -0.3 is 15.3 Å². The molecule has 1 heterocycles. The number of amides is 1. The van der Waals surface area contributed by atoms with Gasteiger partial charge in [-0.25, -0.2) is 4.79 Å². The monoisotopic (exact) mass is 287 g/mol. The number of fused-ring (bicyclic) bond motifs is 1. The number of nitrogens with one attached hydrogen (secondary N) is 3. The molecule has 2 rings (SSSR count). The third-order valence-electron chi connectivity index (χ3n) is 2.78. The van der Waals surface area contributed by atoms with Gasteiger partial charge in [0.15, 0.2) is 0 Å². The van der Waals surface area contributed by atoms with Crippen LogP contribution in [0, 0.1) is 0 Å². The largest absolute Gasteiger partial charge is 0.397 e. The molecular formula is C12H12F3N3O2. The van der Waals surface area contributed by atoms with Crippen LogP contribution in [0.3, 0.4) is 0 Å². The summed E-state index contributed by atoms with van der Waals surface area (Å²) in [6.45, 7) is 1.57. The maximum absolute atomic E-state index is 12.1. The van der Waals surface area contributed by atoms with Gasteiger partial charge in [-0.05, 0) is 24.6 Å². The van der Waals surface area contributed by atoms with Crippen molar-refractivity contribution in [2.45, 2.75) is 25.6 Å². The van der Waals surface area contributed by atoms with Crippen molar-refractivity contribution >= 4 is 16.9 Å². The van der Waals surface area contributed by atoms with Crippen LogP contribution in [0.4, 0.5) is 13.2 Å². The van der Waals surface area contributed by atoms with Crippen molar-refractivity contribution in [2.24, 2.45) is 0 Å². The first kappa shape index (κ1) is 14.2. The molecule has 0 aliphatic rings. The number of hydrogen-bond donors (Lipinski definition) is 3. The SMILES string of the molecule is C[C@H](NC(=O)CC(F)(F)F)c1ccc2[nH]c(=O)[nH]c2c1. The maximum atomic E-state index is 12.1.